The Hall–Kier alpha value is -1.12. The number of hydrogen-bond acceptors (Lipinski definition) is 2. The molecule has 0 aliphatic carbocycles. The highest BCUT2D eigenvalue weighted by molar-refractivity contribution is 5.89. The first-order valence-corrected chi connectivity index (χ1v) is 5.88. The minimum absolute atomic E-state index is 0.0279. The normalized spacial score (nSPS) is 11.8. The Morgan fingerprint density at radius 2 is 1.88 bits per heavy atom. The number of rotatable bonds is 7. The third-order valence-corrected chi connectivity index (χ3v) is 2.54. The minimum Gasteiger partial charge on any atom is -0.351 e. The van der Waals surface area contributed by atoms with Crippen LogP contribution in [0.15, 0.2) is 12.2 Å². The summed E-state index contributed by atoms with van der Waals surface area (Å²) in [5, 5.41) is 2.94. The monoisotopic (exact) mass is 225 g/mol. The van der Waals surface area contributed by atoms with Gasteiger partial charge in [0, 0.05) is 18.4 Å². The minimum atomic E-state index is -0.148. The van der Waals surface area contributed by atoms with E-state index in [1.807, 2.05) is 27.7 Å². The average Bonchev–Trinajstić information content (AvgIpc) is 2.17. The maximum Gasteiger partial charge on any atom is 0.220 e. The number of ketones is 1. The fraction of sp³-hybridized carbons (Fsp3) is 0.692. The molecule has 0 aromatic heterocycles. The molecule has 0 saturated carbocycles. The van der Waals surface area contributed by atoms with Crippen LogP contribution >= 0.6 is 0 Å². The number of hydrogen-bond donors (Lipinski definition) is 1. The highest BCUT2D eigenvalue weighted by Crippen LogP contribution is 2.08. The second-order valence-electron chi connectivity index (χ2n) is 4.61. The predicted molar refractivity (Wildman–Crippen MR) is 66.2 cm³/mol. The Labute approximate surface area is 98.3 Å². The molecule has 0 bridgehead atoms. The van der Waals surface area contributed by atoms with Gasteiger partial charge in [0.2, 0.25) is 5.91 Å². The first-order valence-electron chi connectivity index (χ1n) is 5.88. The van der Waals surface area contributed by atoms with Gasteiger partial charge < -0.3 is 5.32 Å². The maximum absolute atomic E-state index is 11.5. The van der Waals surface area contributed by atoms with Gasteiger partial charge in [0.15, 0.2) is 5.78 Å². The second kappa shape index (κ2) is 7.20. The predicted octanol–water partition coefficient (Wildman–Crippen LogP) is 2.61. The molecule has 0 rings (SSSR count). The molecule has 0 aromatic rings. The molecule has 3 heteroatoms. The van der Waals surface area contributed by atoms with Gasteiger partial charge in [-0.05, 0) is 39.7 Å². The quantitative estimate of drug-likeness (QED) is 0.677. The van der Waals surface area contributed by atoms with Gasteiger partial charge in [-0.25, -0.2) is 0 Å². The lowest BCUT2D eigenvalue weighted by Crippen LogP contribution is -2.42. The van der Waals surface area contributed by atoms with Crippen LogP contribution in [0, 0.1) is 0 Å². The molecule has 0 aliphatic rings. The summed E-state index contributed by atoms with van der Waals surface area (Å²) in [6.45, 7) is 7.84. The summed E-state index contributed by atoms with van der Waals surface area (Å²) >= 11 is 0. The summed E-state index contributed by atoms with van der Waals surface area (Å²) in [4.78, 5) is 22.7. The molecule has 0 saturated heterocycles. The van der Waals surface area contributed by atoms with E-state index in [1.54, 1.807) is 12.2 Å². The van der Waals surface area contributed by atoms with Crippen LogP contribution < -0.4 is 5.32 Å². The molecule has 0 atom stereocenters. The molecule has 3 nitrogen and oxygen atoms in total. The van der Waals surface area contributed by atoms with Crippen molar-refractivity contribution >= 4 is 11.7 Å². The molecular formula is C13H23NO2. The summed E-state index contributed by atoms with van der Waals surface area (Å²) in [7, 11) is 0. The van der Waals surface area contributed by atoms with Crippen LogP contribution in [0.1, 0.15) is 53.4 Å². The third kappa shape index (κ3) is 7.21. The second-order valence-corrected chi connectivity index (χ2v) is 4.61. The van der Waals surface area contributed by atoms with Crippen LogP contribution in [-0.2, 0) is 9.59 Å². The van der Waals surface area contributed by atoms with Gasteiger partial charge in [-0.2, -0.15) is 0 Å². The first-order chi connectivity index (χ1) is 7.41. The first kappa shape index (κ1) is 14.9. The van der Waals surface area contributed by atoms with Crippen molar-refractivity contribution in [1.29, 1.82) is 0 Å². The van der Waals surface area contributed by atoms with E-state index in [-0.39, 0.29) is 17.2 Å². The van der Waals surface area contributed by atoms with Gasteiger partial charge in [-0.15, -0.1) is 0 Å². The summed E-state index contributed by atoms with van der Waals surface area (Å²) < 4.78 is 0. The Kier molecular flexibility index (Phi) is 6.70. The standard InChI is InChI=1S/C13H23NO2/c1-5-8-11(15)9-7-10-12(16)14-13(3,4)6-2/h5,8H,6-7,9-10H2,1-4H3,(H,14,16)/b8-5+. The Bertz CT molecular complexity index is 267. The van der Waals surface area contributed by atoms with E-state index in [0.29, 0.717) is 19.3 Å². The van der Waals surface area contributed by atoms with Crippen molar-refractivity contribution in [2.75, 3.05) is 0 Å². The highest BCUT2D eigenvalue weighted by Gasteiger charge is 2.17. The zero-order valence-electron chi connectivity index (χ0n) is 10.8. The largest absolute Gasteiger partial charge is 0.351 e. The Morgan fingerprint density at radius 3 is 2.38 bits per heavy atom. The van der Waals surface area contributed by atoms with Crippen LogP contribution in [0.5, 0.6) is 0 Å². The van der Waals surface area contributed by atoms with Crippen LogP contribution in [0.3, 0.4) is 0 Å². The maximum atomic E-state index is 11.5. The zero-order chi connectivity index (χ0) is 12.6. The van der Waals surface area contributed by atoms with Crippen molar-refractivity contribution in [3.63, 3.8) is 0 Å². The van der Waals surface area contributed by atoms with Crippen LogP contribution in [-0.4, -0.2) is 17.2 Å². The fourth-order valence-electron chi connectivity index (χ4n) is 1.22. The van der Waals surface area contributed by atoms with Crippen molar-refractivity contribution in [2.24, 2.45) is 0 Å². The molecule has 0 fully saturated rings. The lowest BCUT2D eigenvalue weighted by atomic mass is 10.0. The lowest BCUT2D eigenvalue weighted by molar-refractivity contribution is -0.122. The van der Waals surface area contributed by atoms with E-state index in [0.717, 1.165) is 6.42 Å². The van der Waals surface area contributed by atoms with Crippen LogP contribution in [0.2, 0.25) is 0 Å². The van der Waals surface area contributed by atoms with E-state index in [2.05, 4.69) is 5.32 Å². The van der Waals surface area contributed by atoms with Crippen molar-refractivity contribution in [2.45, 2.75) is 58.9 Å². The molecule has 0 heterocycles. The summed E-state index contributed by atoms with van der Waals surface area (Å²) in [6.07, 6.45) is 5.67. The number of carbonyl (C=O) groups is 2. The molecule has 0 spiro atoms. The molecule has 0 aromatic carbocycles. The summed E-state index contributed by atoms with van der Waals surface area (Å²) in [5.41, 5.74) is -0.148. The van der Waals surface area contributed by atoms with Crippen molar-refractivity contribution in [1.82, 2.24) is 5.32 Å². The van der Waals surface area contributed by atoms with E-state index in [9.17, 15) is 9.59 Å². The SMILES string of the molecule is C/C=C/C(=O)CCCC(=O)NC(C)(C)CC. The van der Waals surface area contributed by atoms with Gasteiger partial charge in [0.05, 0.1) is 0 Å². The fourth-order valence-corrected chi connectivity index (χ4v) is 1.22. The number of amides is 1. The molecular weight excluding hydrogens is 202 g/mol. The van der Waals surface area contributed by atoms with Gasteiger partial charge in [0.25, 0.3) is 0 Å². The summed E-state index contributed by atoms with van der Waals surface area (Å²) in [5.74, 6) is 0.116. The molecule has 0 aliphatic heterocycles. The lowest BCUT2D eigenvalue weighted by Gasteiger charge is -2.24. The van der Waals surface area contributed by atoms with E-state index in [1.165, 1.54) is 0 Å². The highest BCUT2D eigenvalue weighted by atomic mass is 16.1. The van der Waals surface area contributed by atoms with E-state index < -0.39 is 0 Å². The van der Waals surface area contributed by atoms with Crippen molar-refractivity contribution < 1.29 is 9.59 Å². The average molecular weight is 225 g/mol. The van der Waals surface area contributed by atoms with Gasteiger partial charge in [0.1, 0.15) is 0 Å². The molecule has 0 unspecified atom stereocenters. The molecule has 0 radical (unpaired) electrons. The van der Waals surface area contributed by atoms with Gasteiger partial charge in [-0.3, -0.25) is 9.59 Å². The van der Waals surface area contributed by atoms with E-state index >= 15 is 0 Å². The summed E-state index contributed by atoms with van der Waals surface area (Å²) in [6, 6.07) is 0. The van der Waals surface area contributed by atoms with Crippen molar-refractivity contribution in [3.8, 4) is 0 Å². The van der Waals surface area contributed by atoms with E-state index in [4.69, 9.17) is 0 Å². The van der Waals surface area contributed by atoms with Crippen molar-refractivity contribution in [3.05, 3.63) is 12.2 Å². The molecule has 1 N–H and O–H groups in total. The van der Waals surface area contributed by atoms with Crippen LogP contribution in [0.4, 0.5) is 0 Å². The number of carbonyl (C=O) groups excluding carboxylic acids is 2. The van der Waals surface area contributed by atoms with Crippen LogP contribution in [0.25, 0.3) is 0 Å². The third-order valence-electron chi connectivity index (χ3n) is 2.54. The molecule has 16 heavy (non-hydrogen) atoms. The molecule has 92 valence electrons. The number of nitrogens with one attached hydrogen (secondary N) is 1. The Morgan fingerprint density at radius 1 is 1.25 bits per heavy atom. The number of allylic oxidation sites excluding steroid dienone is 2. The Balaban J connectivity index is 3.79. The topological polar surface area (TPSA) is 46.2 Å². The van der Waals surface area contributed by atoms with Gasteiger partial charge >= 0.3 is 0 Å². The molecule has 1 amide bonds. The van der Waals surface area contributed by atoms with Gasteiger partial charge in [-0.1, -0.05) is 13.0 Å². The zero-order valence-corrected chi connectivity index (χ0v) is 10.8. The smallest absolute Gasteiger partial charge is 0.220 e.